The summed E-state index contributed by atoms with van der Waals surface area (Å²) in [5.74, 6) is 2.63. The van der Waals surface area contributed by atoms with Gasteiger partial charge in [0.25, 0.3) is 0 Å². The summed E-state index contributed by atoms with van der Waals surface area (Å²) in [6, 6.07) is 9.00. The minimum absolute atomic E-state index is 0.618. The molecule has 0 aromatic heterocycles. The number of fused-ring (bicyclic) bond motifs is 2. The van der Waals surface area contributed by atoms with E-state index < -0.39 is 0 Å². The highest BCUT2D eigenvalue weighted by molar-refractivity contribution is 9.13. The Bertz CT molecular complexity index is 614. The van der Waals surface area contributed by atoms with E-state index in [4.69, 9.17) is 21.1 Å². The second-order valence-electron chi connectivity index (χ2n) is 3.51. The van der Waals surface area contributed by atoms with E-state index in [0.29, 0.717) is 28.0 Å². The normalized spacial score (nSPS) is 12.2. The number of benzene rings is 2. The van der Waals surface area contributed by atoms with Gasteiger partial charge in [0.05, 0.1) is 0 Å². The highest BCUT2D eigenvalue weighted by Gasteiger charge is 2.20. The highest BCUT2D eigenvalue weighted by atomic mass is 79.9. The van der Waals surface area contributed by atoms with Crippen LogP contribution in [0.3, 0.4) is 0 Å². The molecule has 0 unspecified atom stereocenters. The van der Waals surface area contributed by atoms with E-state index in [9.17, 15) is 0 Å². The molecule has 1 heterocycles. The van der Waals surface area contributed by atoms with Crippen LogP contribution in [-0.2, 0) is 0 Å². The summed E-state index contributed by atoms with van der Waals surface area (Å²) in [6.45, 7) is 0. The molecule has 2 aromatic carbocycles. The lowest BCUT2D eigenvalue weighted by Gasteiger charge is -2.21. The van der Waals surface area contributed by atoms with Crippen LogP contribution in [0, 0.1) is 0 Å². The summed E-state index contributed by atoms with van der Waals surface area (Å²) in [7, 11) is 0. The van der Waals surface area contributed by atoms with Gasteiger partial charge in [-0.1, -0.05) is 11.6 Å². The fraction of sp³-hybridized carbons (Fsp3) is 0. The van der Waals surface area contributed by atoms with E-state index >= 15 is 0 Å². The van der Waals surface area contributed by atoms with Crippen molar-refractivity contribution >= 4 is 43.5 Å². The van der Waals surface area contributed by atoms with Gasteiger partial charge >= 0.3 is 0 Å². The number of hydrogen-bond acceptors (Lipinski definition) is 2. The molecular weight excluding hydrogens is 371 g/mol. The van der Waals surface area contributed by atoms with Gasteiger partial charge in [-0.25, -0.2) is 0 Å². The molecule has 0 bridgehead atoms. The number of ether oxygens (including phenoxy) is 2. The third-order valence-corrected chi connectivity index (χ3v) is 4.41. The fourth-order valence-corrected chi connectivity index (χ4v) is 2.36. The van der Waals surface area contributed by atoms with Gasteiger partial charge in [0, 0.05) is 32.2 Å². The van der Waals surface area contributed by atoms with Gasteiger partial charge in [0.2, 0.25) is 0 Å². The quantitative estimate of drug-likeness (QED) is 0.496. The van der Waals surface area contributed by atoms with Crippen molar-refractivity contribution < 1.29 is 9.47 Å². The van der Waals surface area contributed by atoms with Crippen LogP contribution < -0.4 is 9.47 Å². The van der Waals surface area contributed by atoms with E-state index in [-0.39, 0.29) is 0 Å². The second kappa shape index (κ2) is 4.19. The average Bonchev–Trinajstić information content (AvgIpc) is 2.28. The van der Waals surface area contributed by atoms with Gasteiger partial charge in [-0.05, 0) is 44.0 Å². The van der Waals surface area contributed by atoms with Crippen LogP contribution in [0.5, 0.6) is 23.0 Å². The third-order valence-electron chi connectivity index (χ3n) is 2.33. The van der Waals surface area contributed by atoms with Crippen LogP contribution in [0.25, 0.3) is 0 Å². The van der Waals surface area contributed by atoms with Gasteiger partial charge in [-0.15, -0.1) is 0 Å². The van der Waals surface area contributed by atoms with Crippen molar-refractivity contribution in [3.63, 3.8) is 0 Å². The van der Waals surface area contributed by atoms with E-state index in [2.05, 4.69) is 31.9 Å². The Balaban J connectivity index is 2.11. The van der Waals surface area contributed by atoms with Crippen LogP contribution in [0.2, 0.25) is 5.02 Å². The topological polar surface area (TPSA) is 18.5 Å². The van der Waals surface area contributed by atoms with Crippen molar-refractivity contribution in [2.24, 2.45) is 0 Å². The van der Waals surface area contributed by atoms with E-state index in [1.54, 1.807) is 18.2 Å². The van der Waals surface area contributed by atoms with E-state index in [1.807, 2.05) is 12.1 Å². The first kappa shape index (κ1) is 11.4. The van der Waals surface area contributed by atoms with Gasteiger partial charge < -0.3 is 9.47 Å². The van der Waals surface area contributed by atoms with Crippen molar-refractivity contribution in [1.29, 1.82) is 0 Å². The Kier molecular flexibility index (Phi) is 2.81. The van der Waals surface area contributed by atoms with E-state index in [0.717, 1.165) is 8.95 Å². The van der Waals surface area contributed by atoms with Crippen molar-refractivity contribution in [3.8, 4) is 23.0 Å². The zero-order valence-electron chi connectivity index (χ0n) is 8.34. The van der Waals surface area contributed by atoms with Crippen LogP contribution in [0.15, 0.2) is 39.3 Å². The molecule has 0 N–H and O–H groups in total. The summed E-state index contributed by atoms with van der Waals surface area (Å²) in [4.78, 5) is 0. The van der Waals surface area contributed by atoms with Gasteiger partial charge in [0.15, 0.2) is 23.0 Å². The van der Waals surface area contributed by atoms with E-state index in [1.165, 1.54) is 0 Å². The molecule has 0 atom stereocenters. The first-order chi connectivity index (χ1) is 8.13. The molecule has 0 aliphatic carbocycles. The first-order valence-corrected chi connectivity index (χ1v) is 6.74. The average molecular weight is 376 g/mol. The third kappa shape index (κ3) is 2.05. The number of rotatable bonds is 0. The SMILES string of the molecule is Clc1ccc2c(c1)Oc1cc(Br)c(Br)cc1O2. The molecule has 0 fully saturated rings. The van der Waals surface area contributed by atoms with Crippen LogP contribution in [0.1, 0.15) is 0 Å². The Labute approximate surface area is 120 Å². The molecule has 3 rings (SSSR count). The molecule has 0 amide bonds. The zero-order chi connectivity index (χ0) is 12.0. The molecule has 2 aromatic rings. The van der Waals surface area contributed by atoms with Crippen LogP contribution in [0.4, 0.5) is 0 Å². The van der Waals surface area contributed by atoms with Gasteiger partial charge in [-0.3, -0.25) is 0 Å². The smallest absolute Gasteiger partial charge is 0.171 e. The standard InChI is InChI=1S/C12H5Br2ClO2/c13-7-4-11-12(5-8(7)14)17-10-3-6(15)1-2-9(10)16-11/h1-5H. The summed E-state index contributed by atoms with van der Waals surface area (Å²) in [5, 5.41) is 0.618. The number of halogens is 3. The lowest BCUT2D eigenvalue weighted by molar-refractivity contribution is 0.359. The monoisotopic (exact) mass is 374 g/mol. The van der Waals surface area contributed by atoms with Crippen molar-refractivity contribution in [2.45, 2.75) is 0 Å². The molecule has 0 saturated heterocycles. The largest absolute Gasteiger partial charge is 0.449 e. The summed E-state index contributed by atoms with van der Waals surface area (Å²) in [6.07, 6.45) is 0. The molecule has 1 aliphatic rings. The van der Waals surface area contributed by atoms with Crippen molar-refractivity contribution in [2.75, 3.05) is 0 Å². The Morgan fingerprint density at radius 3 is 1.94 bits per heavy atom. The Morgan fingerprint density at radius 1 is 0.765 bits per heavy atom. The zero-order valence-corrected chi connectivity index (χ0v) is 12.3. The van der Waals surface area contributed by atoms with Crippen molar-refractivity contribution in [1.82, 2.24) is 0 Å². The van der Waals surface area contributed by atoms with Gasteiger partial charge in [0.1, 0.15) is 0 Å². The molecule has 0 radical (unpaired) electrons. The minimum Gasteiger partial charge on any atom is -0.449 e. The lowest BCUT2D eigenvalue weighted by Crippen LogP contribution is -1.98. The molecule has 17 heavy (non-hydrogen) atoms. The van der Waals surface area contributed by atoms with Crippen LogP contribution in [-0.4, -0.2) is 0 Å². The predicted octanol–water partition coefficient (Wildman–Crippen LogP) is 5.76. The molecule has 5 heteroatoms. The molecule has 0 spiro atoms. The molecule has 1 aliphatic heterocycles. The highest BCUT2D eigenvalue weighted by Crippen LogP contribution is 2.48. The predicted molar refractivity (Wildman–Crippen MR) is 73.4 cm³/mol. The maximum atomic E-state index is 5.91. The molecular formula is C12H5Br2ClO2. The molecule has 0 saturated carbocycles. The molecule has 86 valence electrons. The molecule has 2 nitrogen and oxygen atoms in total. The maximum Gasteiger partial charge on any atom is 0.171 e. The number of hydrogen-bond donors (Lipinski definition) is 0. The Morgan fingerprint density at radius 2 is 1.29 bits per heavy atom. The van der Waals surface area contributed by atoms with Crippen molar-refractivity contribution in [3.05, 3.63) is 44.3 Å². The summed E-state index contributed by atoms with van der Waals surface area (Å²) < 4.78 is 13.3. The minimum atomic E-state index is 0.618. The first-order valence-electron chi connectivity index (χ1n) is 4.78. The Hall–Kier alpha value is -0.710. The second-order valence-corrected chi connectivity index (χ2v) is 5.65. The fourth-order valence-electron chi connectivity index (χ4n) is 1.55. The summed E-state index contributed by atoms with van der Waals surface area (Å²) >= 11 is 12.8. The lowest BCUT2D eigenvalue weighted by atomic mass is 10.2. The van der Waals surface area contributed by atoms with Gasteiger partial charge in [-0.2, -0.15) is 0 Å². The van der Waals surface area contributed by atoms with Crippen LogP contribution >= 0.6 is 43.5 Å². The maximum absolute atomic E-state index is 5.91. The summed E-state index contributed by atoms with van der Waals surface area (Å²) in [5.41, 5.74) is 0.